The number of aliphatic imine (C=N–C) groups is 1. The fourth-order valence-corrected chi connectivity index (χ4v) is 3.37. The van der Waals surface area contributed by atoms with E-state index in [0.29, 0.717) is 32.1 Å². The van der Waals surface area contributed by atoms with Gasteiger partial charge in [-0.3, -0.25) is 4.99 Å². The van der Waals surface area contributed by atoms with Gasteiger partial charge in [-0.2, -0.15) is 0 Å². The Labute approximate surface area is 182 Å². The van der Waals surface area contributed by atoms with Crippen molar-refractivity contribution in [1.82, 2.24) is 15.5 Å². The van der Waals surface area contributed by atoms with Crippen LogP contribution in [0.15, 0.2) is 23.2 Å². The number of halogens is 3. The quantitative estimate of drug-likeness (QED) is 0.283. The summed E-state index contributed by atoms with van der Waals surface area (Å²) >= 11 is 0. The average Bonchev–Trinajstić information content (AvgIpc) is 3.08. The maximum atomic E-state index is 14.2. The van der Waals surface area contributed by atoms with E-state index in [2.05, 4.69) is 15.6 Å². The van der Waals surface area contributed by atoms with Gasteiger partial charge in [0.25, 0.3) is 0 Å². The molecule has 9 heteroatoms. The number of ether oxygens (including phenoxy) is 1. The summed E-state index contributed by atoms with van der Waals surface area (Å²) < 4.78 is 33.8. The van der Waals surface area contributed by atoms with Gasteiger partial charge in [0, 0.05) is 44.3 Å². The van der Waals surface area contributed by atoms with E-state index < -0.39 is 17.7 Å². The third-order valence-corrected chi connectivity index (χ3v) is 5.10. The molecule has 1 saturated heterocycles. The maximum absolute atomic E-state index is 14.2. The van der Waals surface area contributed by atoms with E-state index in [0.717, 1.165) is 6.42 Å². The Morgan fingerprint density at radius 1 is 1.32 bits per heavy atom. The minimum Gasteiger partial charge on any atom is -0.396 e. The molecule has 3 N–H and O–H groups in total. The molecular weight excluding hydrogens is 481 g/mol. The maximum Gasteiger partial charge on any atom is 0.191 e. The van der Waals surface area contributed by atoms with Gasteiger partial charge < -0.3 is 25.4 Å². The molecule has 0 aromatic heterocycles. The molecule has 0 saturated carbocycles. The Morgan fingerprint density at radius 2 is 2.00 bits per heavy atom. The minimum atomic E-state index is -0.566. The fourth-order valence-electron chi connectivity index (χ4n) is 3.37. The summed E-state index contributed by atoms with van der Waals surface area (Å²) in [5, 5.41) is 15.7. The lowest BCUT2D eigenvalue weighted by Crippen LogP contribution is -2.46. The predicted molar refractivity (Wildman–Crippen MR) is 117 cm³/mol. The Kier molecular flexibility index (Phi) is 10.6. The second-order valence-electron chi connectivity index (χ2n) is 7.20. The van der Waals surface area contributed by atoms with Crippen LogP contribution < -0.4 is 10.6 Å². The van der Waals surface area contributed by atoms with E-state index in [-0.39, 0.29) is 48.1 Å². The van der Waals surface area contributed by atoms with Crippen molar-refractivity contribution >= 4 is 29.9 Å². The van der Waals surface area contributed by atoms with Crippen molar-refractivity contribution in [1.29, 1.82) is 0 Å². The van der Waals surface area contributed by atoms with E-state index in [9.17, 15) is 13.9 Å². The number of rotatable bonds is 8. The van der Waals surface area contributed by atoms with Gasteiger partial charge in [0.1, 0.15) is 11.6 Å². The van der Waals surface area contributed by atoms with E-state index in [4.69, 9.17) is 4.74 Å². The number of nitrogens with zero attached hydrogens (tertiary/aromatic N) is 2. The highest BCUT2D eigenvalue weighted by Crippen LogP contribution is 2.31. The molecule has 0 bridgehead atoms. The van der Waals surface area contributed by atoms with E-state index in [1.807, 2.05) is 0 Å². The van der Waals surface area contributed by atoms with Gasteiger partial charge in [-0.25, -0.2) is 8.78 Å². The molecule has 2 rings (SSSR count). The van der Waals surface area contributed by atoms with E-state index in [1.165, 1.54) is 18.2 Å². The highest BCUT2D eigenvalue weighted by Gasteiger charge is 2.34. The molecule has 1 aromatic carbocycles. The molecule has 0 radical (unpaired) electrons. The van der Waals surface area contributed by atoms with Crippen LogP contribution in [0.5, 0.6) is 0 Å². The number of hydrogen-bond donors (Lipinski definition) is 3. The smallest absolute Gasteiger partial charge is 0.191 e. The van der Waals surface area contributed by atoms with Crippen molar-refractivity contribution in [2.24, 2.45) is 10.4 Å². The van der Waals surface area contributed by atoms with Gasteiger partial charge >= 0.3 is 0 Å². The number of nitrogens with one attached hydrogen (secondary N) is 2. The second kappa shape index (κ2) is 11.8. The third kappa shape index (κ3) is 6.50. The van der Waals surface area contributed by atoms with Crippen LogP contribution in [0.3, 0.4) is 0 Å². The summed E-state index contributed by atoms with van der Waals surface area (Å²) in [6.45, 7) is 2.27. The first-order valence-corrected chi connectivity index (χ1v) is 9.16. The summed E-state index contributed by atoms with van der Waals surface area (Å²) in [7, 11) is 5.20. The van der Waals surface area contributed by atoms with Gasteiger partial charge in [0.05, 0.1) is 12.6 Å². The number of aliphatic hydroxyl groups excluding tert-OH is 1. The lowest BCUT2D eigenvalue weighted by molar-refractivity contribution is 0.127. The summed E-state index contributed by atoms with van der Waals surface area (Å²) in [6, 6.07) is 3.39. The van der Waals surface area contributed by atoms with Crippen molar-refractivity contribution in [3.8, 4) is 0 Å². The molecule has 160 valence electrons. The fraction of sp³-hybridized carbons (Fsp3) is 0.632. The van der Waals surface area contributed by atoms with Crippen LogP contribution in [0, 0.1) is 17.0 Å². The molecule has 0 aliphatic carbocycles. The molecule has 1 aliphatic heterocycles. The van der Waals surface area contributed by atoms with Crippen LogP contribution >= 0.6 is 24.0 Å². The molecular formula is C19H31F2IN4O2. The normalized spacial score (nSPS) is 20.8. The van der Waals surface area contributed by atoms with Crippen molar-refractivity contribution in [3.63, 3.8) is 0 Å². The average molecular weight is 512 g/mol. The topological polar surface area (TPSA) is 69.1 Å². The standard InChI is InChI=1S/C19H30F2N4O2.HI/c1-22-18(24-12-19(7-9-26)8-10-27-13-19)23-11-16(25(2)3)17-14(20)5-4-6-15(17)21;/h4-6,16,26H,7-13H2,1-3H3,(H2,22,23,24);1H. The molecule has 0 spiro atoms. The Bertz CT molecular complexity index is 620. The van der Waals surface area contributed by atoms with E-state index >= 15 is 0 Å². The van der Waals surface area contributed by atoms with E-state index in [1.54, 1.807) is 26.0 Å². The number of benzene rings is 1. The zero-order valence-electron chi connectivity index (χ0n) is 16.7. The summed E-state index contributed by atoms with van der Waals surface area (Å²) in [6.07, 6.45) is 1.52. The monoisotopic (exact) mass is 512 g/mol. The van der Waals surface area contributed by atoms with Crippen LogP contribution in [0.1, 0.15) is 24.4 Å². The Balaban J connectivity index is 0.00000392. The van der Waals surface area contributed by atoms with Crippen molar-refractivity contribution in [2.75, 3.05) is 54.1 Å². The molecule has 1 aromatic rings. The van der Waals surface area contributed by atoms with Gasteiger partial charge in [-0.15, -0.1) is 24.0 Å². The molecule has 1 heterocycles. The van der Waals surface area contributed by atoms with Crippen molar-refractivity contribution in [2.45, 2.75) is 18.9 Å². The lowest BCUT2D eigenvalue weighted by atomic mass is 9.84. The summed E-state index contributed by atoms with van der Waals surface area (Å²) in [5.41, 5.74) is -0.0864. The minimum absolute atomic E-state index is 0. The zero-order chi connectivity index (χ0) is 19.9. The SMILES string of the molecule is CN=C(NCC(c1c(F)cccc1F)N(C)C)NCC1(CCO)CCOC1.I. The van der Waals surface area contributed by atoms with Crippen LogP contribution in [-0.2, 0) is 4.74 Å². The summed E-state index contributed by atoms with van der Waals surface area (Å²) in [4.78, 5) is 5.96. The van der Waals surface area contributed by atoms with Gasteiger partial charge in [-0.1, -0.05) is 6.07 Å². The number of guanidine groups is 1. The predicted octanol–water partition coefficient (Wildman–Crippen LogP) is 2.14. The van der Waals surface area contributed by atoms with Crippen LogP contribution in [0.4, 0.5) is 8.78 Å². The first-order valence-electron chi connectivity index (χ1n) is 9.16. The van der Waals surface area contributed by atoms with Gasteiger partial charge in [0.15, 0.2) is 5.96 Å². The van der Waals surface area contributed by atoms with Crippen LogP contribution in [-0.4, -0.2) is 70.0 Å². The number of hydrogen-bond acceptors (Lipinski definition) is 4. The zero-order valence-corrected chi connectivity index (χ0v) is 19.0. The summed E-state index contributed by atoms with van der Waals surface area (Å²) in [5.74, 6) is -0.588. The largest absolute Gasteiger partial charge is 0.396 e. The first kappa shape index (κ1) is 25.0. The number of likely N-dealkylation sites (N-methyl/N-ethyl adjacent to an activating group) is 1. The third-order valence-electron chi connectivity index (χ3n) is 5.10. The molecule has 6 nitrogen and oxygen atoms in total. The van der Waals surface area contributed by atoms with Crippen molar-refractivity contribution < 1.29 is 18.6 Å². The molecule has 28 heavy (non-hydrogen) atoms. The Hall–Kier alpha value is -1.04. The van der Waals surface area contributed by atoms with Crippen LogP contribution in [0.2, 0.25) is 0 Å². The van der Waals surface area contributed by atoms with Crippen LogP contribution in [0.25, 0.3) is 0 Å². The molecule has 0 amide bonds. The second-order valence-corrected chi connectivity index (χ2v) is 7.20. The molecule has 2 atom stereocenters. The van der Waals surface area contributed by atoms with Crippen molar-refractivity contribution in [3.05, 3.63) is 35.4 Å². The first-order chi connectivity index (χ1) is 12.9. The molecule has 2 unspecified atom stereocenters. The molecule has 1 fully saturated rings. The van der Waals surface area contributed by atoms with Gasteiger partial charge in [-0.05, 0) is 39.1 Å². The highest BCUT2D eigenvalue weighted by molar-refractivity contribution is 14.0. The van der Waals surface area contributed by atoms with Gasteiger partial charge in [0.2, 0.25) is 0 Å². The number of aliphatic hydroxyl groups is 1. The lowest BCUT2D eigenvalue weighted by Gasteiger charge is -2.29. The Morgan fingerprint density at radius 3 is 2.50 bits per heavy atom. The molecule has 1 aliphatic rings. The highest BCUT2D eigenvalue weighted by atomic mass is 127.